The summed E-state index contributed by atoms with van der Waals surface area (Å²) in [6, 6.07) is 14.5. The van der Waals surface area contributed by atoms with Crippen LogP contribution in [0.4, 0.5) is 5.82 Å². The third-order valence-corrected chi connectivity index (χ3v) is 3.37. The van der Waals surface area contributed by atoms with Gasteiger partial charge in [-0.05, 0) is 18.6 Å². The SMILES string of the molecule is Cc1cc(NC(=O)c2ccc(=O)[nH]c2)n(Cc2ccccc2)n1. The number of rotatable bonds is 4. The lowest BCUT2D eigenvalue weighted by atomic mass is 10.2. The van der Waals surface area contributed by atoms with Gasteiger partial charge in [-0.15, -0.1) is 0 Å². The monoisotopic (exact) mass is 308 g/mol. The third kappa shape index (κ3) is 3.55. The Bertz CT molecular complexity index is 861. The van der Waals surface area contributed by atoms with Crippen LogP contribution < -0.4 is 10.9 Å². The van der Waals surface area contributed by atoms with Crippen LogP contribution >= 0.6 is 0 Å². The minimum absolute atomic E-state index is 0.244. The quantitative estimate of drug-likeness (QED) is 0.775. The molecule has 6 nitrogen and oxygen atoms in total. The summed E-state index contributed by atoms with van der Waals surface area (Å²) >= 11 is 0. The summed E-state index contributed by atoms with van der Waals surface area (Å²) in [5, 5.41) is 7.24. The Morgan fingerprint density at radius 3 is 2.70 bits per heavy atom. The molecule has 0 aliphatic carbocycles. The molecular weight excluding hydrogens is 292 g/mol. The Morgan fingerprint density at radius 1 is 1.22 bits per heavy atom. The van der Waals surface area contributed by atoms with Gasteiger partial charge in [-0.2, -0.15) is 5.10 Å². The Labute approximate surface area is 132 Å². The second kappa shape index (κ2) is 6.31. The average molecular weight is 308 g/mol. The van der Waals surface area contributed by atoms with E-state index < -0.39 is 0 Å². The van der Waals surface area contributed by atoms with Crippen molar-refractivity contribution in [3.8, 4) is 0 Å². The van der Waals surface area contributed by atoms with Gasteiger partial charge in [0.05, 0.1) is 17.8 Å². The molecule has 0 radical (unpaired) electrons. The summed E-state index contributed by atoms with van der Waals surface area (Å²) in [6.07, 6.45) is 1.39. The van der Waals surface area contributed by atoms with Gasteiger partial charge in [0.25, 0.3) is 5.91 Å². The molecule has 2 N–H and O–H groups in total. The predicted molar refractivity (Wildman–Crippen MR) is 87.5 cm³/mol. The van der Waals surface area contributed by atoms with Gasteiger partial charge in [0, 0.05) is 18.3 Å². The molecule has 0 aliphatic heterocycles. The largest absolute Gasteiger partial charge is 0.328 e. The molecule has 0 spiro atoms. The number of benzene rings is 1. The lowest BCUT2D eigenvalue weighted by molar-refractivity contribution is 0.102. The first-order valence-electron chi connectivity index (χ1n) is 7.20. The highest BCUT2D eigenvalue weighted by Gasteiger charge is 2.11. The molecule has 0 bridgehead atoms. The molecule has 0 unspecified atom stereocenters. The standard InChI is InChI=1S/C17H16N4O2/c1-12-9-15(19-17(23)14-7-8-16(22)18-10-14)21(20-12)11-13-5-3-2-4-6-13/h2-10H,11H2,1H3,(H,18,22)(H,19,23). The van der Waals surface area contributed by atoms with E-state index in [9.17, 15) is 9.59 Å². The van der Waals surface area contributed by atoms with Crippen molar-refractivity contribution in [1.29, 1.82) is 0 Å². The van der Waals surface area contributed by atoms with E-state index in [2.05, 4.69) is 15.4 Å². The second-order valence-electron chi connectivity index (χ2n) is 5.21. The molecule has 1 amide bonds. The molecule has 23 heavy (non-hydrogen) atoms. The van der Waals surface area contributed by atoms with E-state index in [0.29, 0.717) is 17.9 Å². The highest BCUT2D eigenvalue weighted by molar-refractivity contribution is 6.03. The van der Waals surface area contributed by atoms with Gasteiger partial charge < -0.3 is 10.3 Å². The zero-order chi connectivity index (χ0) is 16.2. The molecule has 116 valence electrons. The van der Waals surface area contributed by atoms with E-state index in [1.165, 1.54) is 18.3 Å². The first kappa shape index (κ1) is 14.8. The van der Waals surface area contributed by atoms with Crippen LogP contribution in [-0.2, 0) is 6.54 Å². The topological polar surface area (TPSA) is 79.8 Å². The fraction of sp³-hybridized carbons (Fsp3) is 0.118. The van der Waals surface area contributed by atoms with E-state index in [4.69, 9.17) is 0 Å². The number of H-pyrrole nitrogens is 1. The van der Waals surface area contributed by atoms with Gasteiger partial charge in [0.2, 0.25) is 5.56 Å². The van der Waals surface area contributed by atoms with Crippen LogP contribution in [0.15, 0.2) is 59.5 Å². The Hall–Kier alpha value is -3.15. The summed E-state index contributed by atoms with van der Waals surface area (Å²) in [5.74, 6) is 0.318. The van der Waals surface area contributed by atoms with Gasteiger partial charge >= 0.3 is 0 Å². The van der Waals surface area contributed by atoms with Crippen molar-refractivity contribution in [2.75, 3.05) is 5.32 Å². The van der Waals surface area contributed by atoms with Gasteiger partial charge in [-0.3, -0.25) is 9.59 Å². The highest BCUT2D eigenvalue weighted by Crippen LogP contribution is 2.14. The minimum atomic E-state index is -0.296. The molecule has 2 heterocycles. The van der Waals surface area contributed by atoms with Gasteiger partial charge in [-0.1, -0.05) is 30.3 Å². The summed E-state index contributed by atoms with van der Waals surface area (Å²) in [4.78, 5) is 25.8. The summed E-state index contributed by atoms with van der Waals surface area (Å²) in [5.41, 5.74) is 2.05. The molecule has 0 saturated heterocycles. The molecule has 0 atom stereocenters. The maximum Gasteiger partial charge on any atom is 0.258 e. The van der Waals surface area contributed by atoms with Crippen molar-refractivity contribution < 1.29 is 4.79 Å². The first-order valence-corrected chi connectivity index (χ1v) is 7.20. The smallest absolute Gasteiger partial charge is 0.258 e. The molecule has 1 aromatic carbocycles. The van der Waals surface area contributed by atoms with Crippen LogP contribution in [0.5, 0.6) is 0 Å². The number of pyridine rings is 1. The number of hydrogen-bond acceptors (Lipinski definition) is 3. The third-order valence-electron chi connectivity index (χ3n) is 3.37. The highest BCUT2D eigenvalue weighted by atomic mass is 16.2. The molecule has 0 aliphatic rings. The number of hydrogen-bond donors (Lipinski definition) is 2. The van der Waals surface area contributed by atoms with Gasteiger partial charge in [0.15, 0.2) is 0 Å². The number of aromatic amines is 1. The number of aryl methyl sites for hydroxylation is 1. The van der Waals surface area contributed by atoms with Gasteiger partial charge in [0.1, 0.15) is 5.82 Å². The van der Waals surface area contributed by atoms with Crippen LogP contribution in [0.2, 0.25) is 0 Å². The van der Waals surface area contributed by atoms with Crippen molar-refractivity contribution in [1.82, 2.24) is 14.8 Å². The first-order chi connectivity index (χ1) is 11.1. The Balaban J connectivity index is 1.81. The maximum absolute atomic E-state index is 12.3. The van der Waals surface area contributed by atoms with E-state index >= 15 is 0 Å². The summed E-state index contributed by atoms with van der Waals surface area (Å²) in [7, 11) is 0. The Morgan fingerprint density at radius 2 is 2.00 bits per heavy atom. The maximum atomic E-state index is 12.3. The van der Waals surface area contributed by atoms with Crippen molar-refractivity contribution in [3.63, 3.8) is 0 Å². The number of amides is 1. The van der Waals surface area contributed by atoms with Crippen molar-refractivity contribution in [2.45, 2.75) is 13.5 Å². The van der Waals surface area contributed by atoms with Crippen LogP contribution in [0.25, 0.3) is 0 Å². The zero-order valence-electron chi connectivity index (χ0n) is 12.6. The fourth-order valence-corrected chi connectivity index (χ4v) is 2.26. The van der Waals surface area contributed by atoms with E-state index in [0.717, 1.165) is 11.3 Å². The lowest BCUT2D eigenvalue weighted by Gasteiger charge is -2.09. The molecule has 2 aromatic heterocycles. The molecule has 3 aromatic rings. The molecule has 0 saturated carbocycles. The number of nitrogens with one attached hydrogen (secondary N) is 2. The van der Waals surface area contributed by atoms with Crippen LogP contribution in [0, 0.1) is 6.92 Å². The van der Waals surface area contributed by atoms with Crippen molar-refractivity contribution in [3.05, 3.63) is 81.9 Å². The predicted octanol–water partition coefficient (Wildman–Crippen LogP) is 2.18. The molecular formula is C17H16N4O2. The second-order valence-corrected chi connectivity index (χ2v) is 5.21. The minimum Gasteiger partial charge on any atom is -0.328 e. The van der Waals surface area contributed by atoms with Crippen LogP contribution in [0.3, 0.4) is 0 Å². The average Bonchev–Trinajstić information content (AvgIpc) is 2.88. The summed E-state index contributed by atoms with van der Waals surface area (Å²) < 4.78 is 1.74. The number of carbonyl (C=O) groups excluding carboxylic acids is 1. The van der Waals surface area contributed by atoms with Gasteiger partial charge in [-0.25, -0.2) is 4.68 Å². The zero-order valence-corrected chi connectivity index (χ0v) is 12.6. The Kier molecular flexibility index (Phi) is 4.05. The molecule has 6 heteroatoms. The number of aromatic nitrogens is 3. The number of carbonyl (C=O) groups is 1. The lowest BCUT2D eigenvalue weighted by Crippen LogP contribution is -2.17. The molecule has 0 fully saturated rings. The van der Waals surface area contributed by atoms with E-state index in [1.54, 1.807) is 4.68 Å². The van der Waals surface area contributed by atoms with Crippen molar-refractivity contribution >= 4 is 11.7 Å². The summed E-state index contributed by atoms with van der Waals surface area (Å²) in [6.45, 7) is 2.44. The molecule has 3 rings (SSSR count). The number of anilines is 1. The number of nitrogens with zero attached hydrogens (tertiary/aromatic N) is 2. The van der Waals surface area contributed by atoms with Crippen LogP contribution in [-0.4, -0.2) is 20.7 Å². The normalized spacial score (nSPS) is 10.5. The van der Waals surface area contributed by atoms with Crippen molar-refractivity contribution in [2.24, 2.45) is 0 Å². The van der Waals surface area contributed by atoms with Crippen LogP contribution in [0.1, 0.15) is 21.6 Å². The van der Waals surface area contributed by atoms with E-state index in [-0.39, 0.29) is 11.5 Å². The van der Waals surface area contributed by atoms with E-state index in [1.807, 2.05) is 43.3 Å². The fourth-order valence-electron chi connectivity index (χ4n) is 2.26.